The SMILES string of the molecule is CCOc1ccc(S(=O)(=O)NCC(O)c2ccsc2)cc1C. The molecule has 0 saturated heterocycles. The lowest BCUT2D eigenvalue weighted by atomic mass is 10.2. The number of aliphatic hydroxyl groups excluding tert-OH is 1. The van der Waals surface area contributed by atoms with E-state index in [-0.39, 0.29) is 11.4 Å². The average Bonchev–Trinajstić information content (AvgIpc) is 3.01. The summed E-state index contributed by atoms with van der Waals surface area (Å²) in [5, 5.41) is 13.6. The molecule has 0 aliphatic carbocycles. The van der Waals surface area contributed by atoms with Gasteiger partial charge in [0.2, 0.25) is 10.0 Å². The van der Waals surface area contributed by atoms with Crippen molar-refractivity contribution < 1.29 is 18.3 Å². The summed E-state index contributed by atoms with van der Waals surface area (Å²) in [5.74, 6) is 0.666. The van der Waals surface area contributed by atoms with Gasteiger partial charge in [-0.25, -0.2) is 13.1 Å². The summed E-state index contributed by atoms with van der Waals surface area (Å²) in [6.45, 7) is 4.13. The minimum atomic E-state index is -3.66. The molecule has 2 aromatic rings. The number of hydrogen-bond acceptors (Lipinski definition) is 5. The van der Waals surface area contributed by atoms with Gasteiger partial charge in [0, 0.05) is 6.54 Å². The van der Waals surface area contributed by atoms with Gasteiger partial charge in [-0.2, -0.15) is 11.3 Å². The lowest BCUT2D eigenvalue weighted by Crippen LogP contribution is -2.28. The second-order valence-corrected chi connectivity index (χ2v) is 7.33. The molecule has 0 fully saturated rings. The van der Waals surface area contributed by atoms with E-state index in [1.54, 1.807) is 30.5 Å². The molecule has 1 aromatic carbocycles. The average molecular weight is 341 g/mol. The first-order valence-corrected chi connectivity index (χ1v) is 9.30. The van der Waals surface area contributed by atoms with E-state index in [1.165, 1.54) is 17.4 Å². The third-order valence-electron chi connectivity index (χ3n) is 3.15. The molecule has 0 saturated carbocycles. The van der Waals surface area contributed by atoms with Crippen LogP contribution in [0.25, 0.3) is 0 Å². The topological polar surface area (TPSA) is 75.6 Å². The molecule has 0 aliphatic rings. The van der Waals surface area contributed by atoms with Crippen LogP contribution in [0.5, 0.6) is 5.75 Å². The van der Waals surface area contributed by atoms with Crippen LogP contribution in [0.2, 0.25) is 0 Å². The third kappa shape index (κ3) is 4.07. The van der Waals surface area contributed by atoms with Gasteiger partial charge in [-0.1, -0.05) is 0 Å². The van der Waals surface area contributed by atoms with E-state index >= 15 is 0 Å². The maximum atomic E-state index is 12.3. The maximum Gasteiger partial charge on any atom is 0.240 e. The fourth-order valence-electron chi connectivity index (χ4n) is 1.96. The molecule has 2 N–H and O–H groups in total. The standard InChI is InChI=1S/C15H19NO4S2/c1-3-20-15-5-4-13(8-11(15)2)22(18,19)16-9-14(17)12-6-7-21-10-12/h4-8,10,14,16-17H,3,9H2,1-2H3. The van der Waals surface area contributed by atoms with Crippen LogP contribution in [-0.2, 0) is 10.0 Å². The summed E-state index contributed by atoms with van der Waals surface area (Å²) in [7, 11) is -3.66. The van der Waals surface area contributed by atoms with E-state index in [1.807, 2.05) is 12.3 Å². The minimum Gasteiger partial charge on any atom is -0.494 e. The molecule has 2 rings (SSSR count). The first-order chi connectivity index (χ1) is 10.4. The first-order valence-electron chi connectivity index (χ1n) is 6.87. The lowest BCUT2D eigenvalue weighted by Gasteiger charge is -2.13. The predicted molar refractivity (Wildman–Crippen MR) is 86.8 cm³/mol. The highest BCUT2D eigenvalue weighted by Gasteiger charge is 2.18. The van der Waals surface area contributed by atoms with Gasteiger partial charge >= 0.3 is 0 Å². The molecular weight excluding hydrogens is 322 g/mol. The van der Waals surface area contributed by atoms with Gasteiger partial charge in [-0.05, 0) is 60.0 Å². The van der Waals surface area contributed by atoms with E-state index in [2.05, 4.69) is 4.72 Å². The molecule has 5 nitrogen and oxygen atoms in total. The Balaban J connectivity index is 2.08. The van der Waals surface area contributed by atoms with Crippen molar-refractivity contribution in [1.82, 2.24) is 4.72 Å². The van der Waals surface area contributed by atoms with Crippen molar-refractivity contribution in [1.29, 1.82) is 0 Å². The van der Waals surface area contributed by atoms with Gasteiger partial charge < -0.3 is 9.84 Å². The van der Waals surface area contributed by atoms with Gasteiger partial charge in [-0.3, -0.25) is 0 Å². The van der Waals surface area contributed by atoms with Crippen LogP contribution in [0.1, 0.15) is 24.2 Å². The lowest BCUT2D eigenvalue weighted by molar-refractivity contribution is 0.182. The fourth-order valence-corrected chi connectivity index (χ4v) is 3.79. The number of ether oxygens (including phenoxy) is 1. The molecule has 0 bridgehead atoms. The van der Waals surface area contributed by atoms with Crippen molar-refractivity contribution in [3.63, 3.8) is 0 Å². The summed E-state index contributed by atoms with van der Waals surface area (Å²) in [4.78, 5) is 0.158. The minimum absolute atomic E-state index is 0.0642. The first kappa shape index (κ1) is 17.0. The maximum absolute atomic E-state index is 12.3. The molecule has 0 amide bonds. The van der Waals surface area contributed by atoms with Gasteiger partial charge in [0.15, 0.2) is 0 Å². The molecule has 1 aromatic heterocycles. The van der Waals surface area contributed by atoms with Crippen molar-refractivity contribution >= 4 is 21.4 Å². The predicted octanol–water partition coefficient (Wildman–Crippen LogP) is 2.47. The van der Waals surface area contributed by atoms with Crippen molar-refractivity contribution in [3.8, 4) is 5.75 Å². The number of sulfonamides is 1. The Morgan fingerprint density at radius 1 is 1.36 bits per heavy atom. The third-order valence-corrected chi connectivity index (χ3v) is 5.27. The van der Waals surface area contributed by atoms with Crippen molar-refractivity contribution in [2.75, 3.05) is 13.2 Å². The number of rotatable bonds is 7. The van der Waals surface area contributed by atoms with E-state index < -0.39 is 16.1 Å². The Kier molecular flexibility index (Phi) is 5.57. The summed E-state index contributed by atoms with van der Waals surface area (Å²) in [6, 6.07) is 6.47. The molecule has 1 atom stereocenters. The second-order valence-electron chi connectivity index (χ2n) is 4.78. The summed E-state index contributed by atoms with van der Waals surface area (Å²) >= 11 is 1.45. The summed E-state index contributed by atoms with van der Waals surface area (Å²) in [6.07, 6.45) is -0.857. The zero-order chi connectivity index (χ0) is 16.2. The van der Waals surface area contributed by atoms with Crippen LogP contribution < -0.4 is 9.46 Å². The molecule has 22 heavy (non-hydrogen) atoms. The number of aryl methyl sites for hydroxylation is 1. The van der Waals surface area contributed by atoms with E-state index in [0.717, 1.165) is 5.56 Å². The molecule has 7 heteroatoms. The molecule has 1 unspecified atom stereocenters. The highest BCUT2D eigenvalue weighted by atomic mass is 32.2. The van der Waals surface area contributed by atoms with E-state index in [4.69, 9.17) is 4.74 Å². The summed E-state index contributed by atoms with van der Waals surface area (Å²) < 4.78 is 32.4. The normalized spacial score (nSPS) is 13.0. The Morgan fingerprint density at radius 2 is 2.14 bits per heavy atom. The van der Waals surface area contributed by atoms with Crippen LogP contribution in [0.3, 0.4) is 0 Å². The van der Waals surface area contributed by atoms with Gasteiger partial charge in [0.25, 0.3) is 0 Å². The molecular formula is C15H19NO4S2. The van der Waals surface area contributed by atoms with Crippen LogP contribution >= 0.6 is 11.3 Å². The largest absolute Gasteiger partial charge is 0.494 e. The van der Waals surface area contributed by atoms with Crippen molar-refractivity contribution in [2.45, 2.75) is 24.8 Å². The molecule has 1 heterocycles. The van der Waals surface area contributed by atoms with Crippen LogP contribution in [-0.4, -0.2) is 26.7 Å². The monoisotopic (exact) mass is 341 g/mol. The second kappa shape index (κ2) is 7.23. The Hall–Kier alpha value is -1.41. The highest BCUT2D eigenvalue weighted by Crippen LogP contribution is 2.22. The zero-order valence-corrected chi connectivity index (χ0v) is 14.1. The molecule has 0 aliphatic heterocycles. The molecule has 0 radical (unpaired) electrons. The number of thiophene rings is 1. The van der Waals surface area contributed by atoms with Crippen molar-refractivity contribution in [3.05, 3.63) is 46.2 Å². The Morgan fingerprint density at radius 3 is 2.73 bits per heavy atom. The number of benzene rings is 1. The Labute approximate surface area is 134 Å². The quantitative estimate of drug-likeness (QED) is 0.811. The highest BCUT2D eigenvalue weighted by molar-refractivity contribution is 7.89. The van der Waals surface area contributed by atoms with Crippen LogP contribution in [0.4, 0.5) is 0 Å². The van der Waals surface area contributed by atoms with Crippen LogP contribution in [0, 0.1) is 6.92 Å². The van der Waals surface area contributed by atoms with Crippen molar-refractivity contribution in [2.24, 2.45) is 0 Å². The molecule has 120 valence electrons. The van der Waals surface area contributed by atoms with Gasteiger partial charge in [-0.15, -0.1) is 0 Å². The number of hydrogen-bond donors (Lipinski definition) is 2. The number of nitrogens with one attached hydrogen (secondary N) is 1. The Bertz CT molecular complexity index is 711. The van der Waals surface area contributed by atoms with E-state index in [0.29, 0.717) is 17.9 Å². The van der Waals surface area contributed by atoms with Gasteiger partial charge in [0.05, 0.1) is 17.6 Å². The summed E-state index contributed by atoms with van der Waals surface area (Å²) in [5.41, 5.74) is 1.46. The number of aliphatic hydroxyl groups is 1. The van der Waals surface area contributed by atoms with E-state index in [9.17, 15) is 13.5 Å². The zero-order valence-electron chi connectivity index (χ0n) is 12.4. The van der Waals surface area contributed by atoms with Crippen LogP contribution in [0.15, 0.2) is 39.9 Å². The van der Waals surface area contributed by atoms with Gasteiger partial charge in [0.1, 0.15) is 5.75 Å². The molecule has 0 spiro atoms. The smallest absolute Gasteiger partial charge is 0.240 e. The fraction of sp³-hybridized carbons (Fsp3) is 0.333.